The summed E-state index contributed by atoms with van der Waals surface area (Å²) in [7, 11) is 3.47. The first-order chi connectivity index (χ1) is 14.4. The van der Waals surface area contributed by atoms with Crippen LogP contribution in [0.3, 0.4) is 0 Å². The number of hydrogen-bond acceptors (Lipinski definition) is 4. The maximum absolute atomic E-state index is 13.2. The minimum absolute atomic E-state index is 0.000237. The monoisotopic (exact) mass is 421 g/mol. The number of benzene rings is 2. The smallest absolute Gasteiger partial charge is 0.266 e. The van der Waals surface area contributed by atoms with E-state index < -0.39 is 0 Å². The van der Waals surface area contributed by atoms with Gasteiger partial charge in [-0.15, -0.1) is 11.3 Å². The first kappa shape index (κ1) is 21.7. The Balaban J connectivity index is 1.72. The van der Waals surface area contributed by atoms with Gasteiger partial charge in [0.1, 0.15) is 4.88 Å². The van der Waals surface area contributed by atoms with Crippen LogP contribution in [0, 0.1) is 6.92 Å². The number of carbonyl (C=O) groups excluding carboxylic acids is 2. The van der Waals surface area contributed by atoms with Gasteiger partial charge in [0.2, 0.25) is 0 Å². The molecule has 0 aliphatic heterocycles. The lowest BCUT2D eigenvalue weighted by molar-refractivity contribution is 0.0755. The van der Waals surface area contributed by atoms with Crippen LogP contribution in [-0.2, 0) is 13.0 Å². The van der Waals surface area contributed by atoms with Crippen LogP contribution < -0.4 is 0 Å². The lowest BCUT2D eigenvalue weighted by Crippen LogP contribution is -2.30. The number of carbonyl (C=O) groups is 2. The normalized spacial score (nSPS) is 10.7. The summed E-state index contributed by atoms with van der Waals surface area (Å²) in [5, 5.41) is 0.949. The predicted octanol–water partition coefficient (Wildman–Crippen LogP) is 4.41. The summed E-state index contributed by atoms with van der Waals surface area (Å²) in [6.07, 6.45) is 0.729. The van der Waals surface area contributed by atoms with Crippen molar-refractivity contribution in [3.05, 3.63) is 86.9 Å². The number of thiazole rings is 1. The average Bonchev–Trinajstić information content (AvgIpc) is 3.12. The van der Waals surface area contributed by atoms with E-state index in [4.69, 9.17) is 0 Å². The van der Waals surface area contributed by atoms with E-state index in [9.17, 15) is 9.59 Å². The molecule has 1 heterocycles. The topological polar surface area (TPSA) is 53.5 Å². The molecule has 3 rings (SSSR count). The summed E-state index contributed by atoms with van der Waals surface area (Å²) in [6, 6.07) is 17.6. The largest absolute Gasteiger partial charge is 0.345 e. The number of nitrogens with zero attached hydrogens (tertiary/aromatic N) is 3. The lowest BCUT2D eigenvalue weighted by Gasteiger charge is -2.21. The molecule has 0 spiro atoms. The Kier molecular flexibility index (Phi) is 7.00. The Labute approximate surface area is 182 Å². The van der Waals surface area contributed by atoms with E-state index in [1.165, 1.54) is 16.9 Å². The molecule has 0 aliphatic rings. The molecule has 156 valence electrons. The van der Waals surface area contributed by atoms with E-state index in [1.807, 2.05) is 61.2 Å². The van der Waals surface area contributed by atoms with Gasteiger partial charge in [0.25, 0.3) is 11.8 Å². The average molecular weight is 422 g/mol. The van der Waals surface area contributed by atoms with E-state index in [1.54, 1.807) is 19.0 Å². The minimum Gasteiger partial charge on any atom is -0.345 e. The Morgan fingerprint density at radius 2 is 1.60 bits per heavy atom. The van der Waals surface area contributed by atoms with Crippen molar-refractivity contribution in [3.63, 3.8) is 0 Å². The Morgan fingerprint density at radius 3 is 2.20 bits per heavy atom. The molecule has 3 aromatic rings. The van der Waals surface area contributed by atoms with Crippen molar-refractivity contribution < 1.29 is 9.59 Å². The molecular formula is C24H27N3O2S. The Bertz CT molecular complexity index is 1010. The van der Waals surface area contributed by atoms with Gasteiger partial charge in [0.15, 0.2) is 0 Å². The molecule has 0 radical (unpaired) electrons. The van der Waals surface area contributed by atoms with Gasteiger partial charge < -0.3 is 9.80 Å². The van der Waals surface area contributed by atoms with Crippen LogP contribution in [0.15, 0.2) is 54.6 Å². The van der Waals surface area contributed by atoms with E-state index in [2.05, 4.69) is 17.1 Å². The second-order valence-corrected chi connectivity index (χ2v) is 8.48. The van der Waals surface area contributed by atoms with E-state index in [-0.39, 0.29) is 11.8 Å². The number of aryl methyl sites for hydroxylation is 1. The summed E-state index contributed by atoms with van der Waals surface area (Å²) in [4.78, 5) is 33.9. The van der Waals surface area contributed by atoms with Crippen molar-refractivity contribution in [3.8, 4) is 0 Å². The molecule has 0 atom stereocenters. The lowest BCUT2D eigenvalue weighted by atomic mass is 10.1. The fraction of sp³-hybridized carbons (Fsp3) is 0.292. The second kappa shape index (κ2) is 9.67. The number of rotatable bonds is 7. The molecule has 0 fully saturated rings. The van der Waals surface area contributed by atoms with E-state index in [0.717, 1.165) is 22.7 Å². The molecule has 2 amide bonds. The summed E-state index contributed by atoms with van der Waals surface area (Å²) in [5.74, 6) is -0.0311. The van der Waals surface area contributed by atoms with Crippen LogP contribution in [0.2, 0.25) is 0 Å². The molecule has 6 heteroatoms. The van der Waals surface area contributed by atoms with Crippen LogP contribution >= 0.6 is 11.3 Å². The molecule has 0 saturated heterocycles. The predicted molar refractivity (Wildman–Crippen MR) is 121 cm³/mol. The SMILES string of the molecule is CCN(Cc1ccc(C(=O)N(C)C)cc1)C(=O)c1sc(Cc2ccccc2)nc1C. The first-order valence-electron chi connectivity index (χ1n) is 9.99. The molecule has 0 saturated carbocycles. The molecule has 0 aliphatic carbocycles. The third kappa shape index (κ3) is 5.13. The summed E-state index contributed by atoms with van der Waals surface area (Å²) < 4.78 is 0. The van der Waals surface area contributed by atoms with Crippen LogP contribution in [0.1, 0.15) is 48.8 Å². The number of aromatic nitrogens is 1. The zero-order chi connectivity index (χ0) is 21.7. The maximum Gasteiger partial charge on any atom is 0.266 e. The molecule has 2 aromatic carbocycles. The maximum atomic E-state index is 13.2. The molecule has 0 unspecified atom stereocenters. The standard InChI is InChI=1S/C24H27N3O2S/c1-5-27(16-19-11-13-20(14-12-19)23(28)26(3)4)24(29)22-17(2)25-21(30-22)15-18-9-7-6-8-10-18/h6-14H,5,15-16H2,1-4H3. The highest BCUT2D eigenvalue weighted by Gasteiger charge is 2.21. The minimum atomic E-state index is -0.0313. The quantitative estimate of drug-likeness (QED) is 0.568. The van der Waals surface area contributed by atoms with E-state index >= 15 is 0 Å². The Morgan fingerprint density at radius 1 is 0.933 bits per heavy atom. The van der Waals surface area contributed by atoms with Crippen molar-refractivity contribution in [2.75, 3.05) is 20.6 Å². The van der Waals surface area contributed by atoms with Gasteiger partial charge in [0.05, 0.1) is 10.7 Å². The Hall–Kier alpha value is -2.99. The second-order valence-electron chi connectivity index (χ2n) is 7.40. The van der Waals surface area contributed by atoms with Crippen molar-refractivity contribution in [1.29, 1.82) is 0 Å². The highest BCUT2D eigenvalue weighted by Crippen LogP contribution is 2.23. The van der Waals surface area contributed by atoms with Gasteiger partial charge in [-0.05, 0) is 37.1 Å². The third-order valence-electron chi connectivity index (χ3n) is 4.88. The van der Waals surface area contributed by atoms with Crippen LogP contribution in [0.4, 0.5) is 0 Å². The first-order valence-corrected chi connectivity index (χ1v) is 10.8. The highest BCUT2D eigenvalue weighted by atomic mass is 32.1. The van der Waals surface area contributed by atoms with Gasteiger partial charge in [0, 0.05) is 39.2 Å². The highest BCUT2D eigenvalue weighted by molar-refractivity contribution is 7.13. The van der Waals surface area contributed by atoms with Crippen LogP contribution in [-0.4, -0.2) is 47.2 Å². The van der Waals surface area contributed by atoms with Gasteiger partial charge in [-0.25, -0.2) is 4.98 Å². The van der Waals surface area contributed by atoms with Gasteiger partial charge >= 0.3 is 0 Å². The fourth-order valence-electron chi connectivity index (χ4n) is 3.20. The van der Waals surface area contributed by atoms with Crippen LogP contribution in [0.5, 0.6) is 0 Å². The zero-order valence-electron chi connectivity index (χ0n) is 17.9. The fourth-order valence-corrected chi connectivity index (χ4v) is 4.27. The van der Waals surface area contributed by atoms with Crippen molar-refractivity contribution in [1.82, 2.24) is 14.8 Å². The molecule has 5 nitrogen and oxygen atoms in total. The van der Waals surface area contributed by atoms with Gasteiger partial charge in [-0.2, -0.15) is 0 Å². The van der Waals surface area contributed by atoms with Crippen LogP contribution in [0.25, 0.3) is 0 Å². The molecule has 0 bridgehead atoms. The van der Waals surface area contributed by atoms with Gasteiger partial charge in [-0.1, -0.05) is 42.5 Å². The van der Waals surface area contributed by atoms with E-state index in [0.29, 0.717) is 23.5 Å². The van der Waals surface area contributed by atoms with Crippen molar-refractivity contribution in [2.45, 2.75) is 26.8 Å². The molecule has 0 N–H and O–H groups in total. The number of amides is 2. The molecule has 1 aromatic heterocycles. The molecule has 30 heavy (non-hydrogen) atoms. The summed E-state index contributed by atoms with van der Waals surface area (Å²) in [5.41, 5.74) is 3.60. The third-order valence-corrected chi connectivity index (χ3v) is 6.03. The van der Waals surface area contributed by atoms with Crippen molar-refractivity contribution >= 4 is 23.2 Å². The summed E-state index contributed by atoms with van der Waals surface area (Å²) >= 11 is 1.47. The van der Waals surface area contributed by atoms with Crippen molar-refractivity contribution in [2.24, 2.45) is 0 Å². The summed E-state index contributed by atoms with van der Waals surface area (Å²) in [6.45, 7) is 4.97. The van der Waals surface area contributed by atoms with Gasteiger partial charge in [-0.3, -0.25) is 9.59 Å². The number of hydrogen-bond donors (Lipinski definition) is 0. The zero-order valence-corrected chi connectivity index (χ0v) is 18.7. The molecular weight excluding hydrogens is 394 g/mol.